The standard InChI is InChI=1S/C25H54NO4PS2/c1-5-6-7-8-9-10-11-12-13-14-15-16-17-22-33-23-21-29-20-18-19-25(26(2,3)4)24-30-31(27,28)32/h25H,5-24H2,1-4H3,(H-,27,28,32)/p+1. The van der Waals surface area contributed by atoms with Crippen LogP contribution >= 0.6 is 18.5 Å². The van der Waals surface area contributed by atoms with Gasteiger partial charge in [0.05, 0.1) is 27.7 Å². The molecule has 0 bridgehead atoms. The fourth-order valence-electron chi connectivity index (χ4n) is 3.84. The quantitative estimate of drug-likeness (QED) is 0.0763. The van der Waals surface area contributed by atoms with E-state index in [9.17, 15) is 9.79 Å². The molecule has 0 fully saturated rings. The van der Waals surface area contributed by atoms with Crippen LogP contribution in [0.4, 0.5) is 0 Å². The number of nitrogens with zero attached hydrogens (tertiary/aromatic N) is 1. The first-order valence-corrected chi connectivity index (χ1v) is 17.1. The van der Waals surface area contributed by atoms with E-state index in [-0.39, 0.29) is 12.6 Å². The van der Waals surface area contributed by atoms with Crippen LogP contribution in [0.3, 0.4) is 0 Å². The van der Waals surface area contributed by atoms with Crippen LogP contribution in [-0.2, 0) is 21.1 Å². The van der Waals surface area contributed by atoms with E-state index in [2.05, 4.69) is 39.9 Å². The first-order chi connectivity index (χ1) is 15.7. The molecule has 1 unspecified atom stereocenters. The van der Waals surface area contributed by atoms with Gasteiger partial charge in [0, 0.05) is 18.8 Å². The third kappa shape index (κ3) is 25.7. The van der Waals surface area contributed by atoms with Gasteiger partial charge in [-0.1, -0.05) is 84.0 Å². The molecule has 0 spiro atoms. The summed E-state index contributed by atoms with van der Waals surface area (Å²) in [5.74, 6) is 2.31. The molecular formula is C25H55NO4PS2+. The predicted molar refractivity (Wildman–Crippen MR) is 150 cm³/mol. The molecule has 0 amide bonds. The van der Waals surface area contributed by atoms with Crippen molar-refractivity contribution in [3.05, 3.63) is 0 Å². The summed E-state index contributed by atoms with van der Waals surface area (Å²) in [6, 6.07) is 0.167. The monoisotopic (exact) mass is 528 g/mol. The molecule has 0 aliphatic carbocycles. The van der Waals surface area contributed by atoms with Crippen LogP contribution < -0.4 is 0 Å². The topological polar surface area (TPSA) is 58.9 Å². The number of hydrogen-bond acceptors (Lipinski definition) is 4. The number of thioether (sulfide) groups is 1. The van der Waals surface area contributed by atoms with Gasteiger partial charge < -0.3 is 23.5 Å². The van der Waals surface area contributed by atoms with Gasteiger partial charge in [0.15, 0.2) is 0 Å². The molecule has 0 aliphatic rings. The largest absolute Gasteiger partial charge is 0.381 e. The summed E-state index contributed by atoms with van der Waals surface area (Å²) in [5, 5.41) is 0. The zero-order chi connectivity index (χ0) is 24.8. The van der Waals surface area contributed by atoms with Crippen molar-refractivity contribution in [3.63, 3.8) is 0 Å². The molecule has 0 radical (unpaired) electrons. The van der Waals surface area contributed by atoms with Crippen LogP contribution in [-0.4, -0.2) is 72.8 Å². The maximum Gasteiger partial charge on any atom is 0.322 e. The minimum Gasteiger partial charge on any atom is -0.381 e. The van der Waals surface area contributed by atoms with Crippen LogP contribution in [0.1, 0.15) is 103 Å². The van der Waals surface area contributed by atoms with E-state index in [1.807, 2.05) is 11.8 Å². The van der Waals surface area contributed by atoms with E-state index in [4.69, 9.17) is 9.26 Å². The Morgan fingerprint density at radius 2 is 1.27 bits per heavy atom. The second kappa shape index (κ2) is 22.0. The summed E-state index contributed by atoms with van der Waals surface area (Å²) < 4.78 is 11.6. The molecule has 0 aromatic rings. The van der Waals surface area contributed by atoms with E-state index >= 15 is 0 Å². The van der Waals surface area contributed by atoms with Gasteiger partial charge in [-0.15, -0.1) is 0 Å². The predicted octanol–water partition coefficient (Wildman–Crippen LogP) is 6.91. The van der Waals surface area contributed by atoms with Crippen molar-refractivity contribution in [1.29, 1.82) is 0 Å². The highest BCUT2D eigenvalue weighted by molar-refractivity contribution is 8.06. The molecule has 0 saturated carbocycles. The molecule has 1 atom stereocenters. The van der Waals surface area contributed by atoms with Crippen molar-refractivity contribution < 1.29 is 23.5 Å². The number of ether oxygens (including phenoxy) is 1. The highest BCUT2D eigenvalue weighted by atomic mass is 32.5. The molecule has 2 N–H and O–H groups in total. The second-order valence-electron chi connectivity index (χ2n) is 10.2. The molecule has 8 heteroatoms. The van der Waals surface area contributed by atoms with Crippen molar-refractivity contribution in [3.8, 4) is 0 Å². The van der Waals surface area contributed by atoms with Crippen molar-refractivity contribution in [2.75, 3.05) is 52.5 Å². The lowest BCUT2D eigenvalue weighted by molar-refractivity contribution is -0.896. The highest BCUT2D eigenvalue weighted by Gasteiger charge is 2.25. The van der Waals surface area contributed by atoms with Gasteiger partial charge in [-0.3, -0.25) is 0 Å². The summed E-state index contributed by atoms with van der Waals surface area (Å²) in [4.78, 5) is 18.6. The Balaban J connectivity index is 3.40. The Labute approximate surface area is 215 Å². The normalized spacial score (nSPS) is 13.5. The van der Waals surface area contributed by atoms with E-state index in [1.165, 1.54) is 89.2 Å². The molecular weight excluding hydrogens is 473 g/mol. The van der Waals surface area contributed by atoms with Crippen molar-refractivity contribution in [2.24, 2.45) is 0 Å². The first kappa shape index (κ1) is 33.8. The van der Waals surface area contributed by atoms with Gasteiger partial charge in [0.25, 0.3) is 0 Å². The maximum atomic E-state index is 9.30. The average molecular weight is 529 g/mol. The zero-order valence-corrected chi connectivity index (χ0v) is 24.7. The molecule has 0 saturated heterocycles. The Morgan fingerprint density at radius 1 is 0.758 bits per heavy atom. The maximum absolute atomic E-state index is 9.30. The van der Waals surface area contributed by atoms with Gasteiger partial charge >= 0.3 is 6.72 Å². The van der Waals surface area contributed by atoms with Gasteiger partial charge in [0.2, 0.25) is 0 Å². The van der Waals surface area contributed by atoms with Gasteiger partial charge in [-0.2, -0.15) is 11.8 Å². The highest BCUT2D eigenvalue weighted by Crippen LogP contribution is 2.37. The first-order valence-electron chi connectivity index (χ1n) is 13.3. The number of hydrogen-bond donors (Lipinski definition) is 2. The minimum absolute atomic E-state index is 0.167. The van der Waals surface area contributed by atoms with Crippen molar-refractivity contribution in [1.82, 2.24) is 0 Å². The molecule has 0 rings (SSSR count). The average Bonchev–Trinajstić information content (AvgIpc) is 2.72. The summed E-state index contributed by atoms with van der Waals surface area (Å²) in [6.45, 7) is 0.515. The summed E-state index contributed by atoms with van der Waals surface area (Å²) in [6.07, 6.45) is 20.2. The zero-order valence-electron chi connectivity index (χ0n) is 22.1. The Hall–Kier alpha value is 0.800. The number of unbranched alkanes of at least 4 members (excludes halogenated alkanes) is 12. The van der Waals surface area contributed by atoms with E-state index in [0.29, 0.717) is 4.48 Å². The smallest absolute Gasteiger partial charge is 0.322 e. The van der Waals surface area contributed by atoms with Crippen molar-refractivity contribution >= 4 is 30.3 Å². The number of likely N-dealkylation sites (N-methyl/N-ethyl adjacent to an activating group) is 1. The van der Waals surface area contributed by atoms with Crippen LogP contribution in [0, 0.1) is 0 Å². The molecule has 200 valence electrons. The minimum atomic E-state index is -3.58. The summed E-state index contributed by atoms with van der Waals surface area (Å²) in [7, 11) is 6.25. The number of quaternary nitrogens is 1. The van der Waals surface area contributed by atoms with Crippen molar-refractivity contribution in [2.45, 2.75) is 109 Å². The van der Waals surface area contributed by atoms with E-state index in [0.717, 1.165) is 31.8 Å². The lowest BCUT2D eigenvalue weighted by Crippen LogP contribution is -2.47. The lowest BCUT2D eigenvalue weighted by atomic mass is 10.1. The molecule has 5 nitrogen and oxygen atoms in total. The molecule has 0 aromatic carbocycles. The van der Waals surface area contributed by atoms with Crippen LogP contribution in [0.25, 0.3) is 0 Å². The molecule has 0 heterocycles. The second-order valence-corrected chi connectivity index (χ2v) is 14.1. The summed E-state index contributed by atoms with van der Waals surface area (Å²) in [5.41, 5.74) is 0. The molecule has 0 aromatic heterocycles. The Bertz CT molecular complexity index is 472. The van der Waals surface area contributed by atoms with Gasteiger partial charge in [-0.25, -0.2) is 0 Å². The fraction of sp³-hybridized carbons (Fsp3) is 1.00. The van der Waals surface area contributed by atoms with Gasteiger partial charge in [-0.05, 0) is 30.4 Å². The fourth-order valence-corrected chi connectivity index (χ4v) is 5.24. The Morgan fingerprint density at radius 3 is 1.76 bits per heavy atom. The summed E-state index contributed by atoms with van der Waals surface area (Å²) >= 11 is 6.56. The van der Waals surface area contributed by atoms with Crippen LogP contribution in [0.15, 0.2) is 0 Å². The SMILES string of the molecule is CCCCCCCCCCCCCCCSCCOCCCC(COP(O)(O)=S)[N+](C)(C)C. The molecule has 0 aliphatic heterocycles. The van der Waals surface area contributed by atoms with E-state index in [1.54, 1.807) is 0 Å². The van der Waals surface area contributed by atoms with Gasteiger partial charge in [0.1, 0.15) is 12.6 Å². The third-order valence-electron chi connectivity index (χ3n) is 6.12. The van der Waals surface area contributed by atoms with Crippen LogP contribution in [0.5, 0.6) is 0 Å². The molecule has 33 heavy (non-hydrogen) atoms. The number of rotatable bonds is 25. The lowest BCUT2D eigenvalue weighted by Gasteiger charge is -2.34. The third-order valence-corrected chi connectivity index (χ3v) is 7.96. The van der Waals surface area contributed by atoms with Crippen LogP contribution in [0.2, 0.25) is 0 Å². The Kier molecular flexibility index (Phi) is 22.6. The van der Waals surface area contributed by atoms with E-state index < -0.39 is 6.72 Å².